The smallest absolute Gasteiger partial charge is 0.137 e. The van der Waals surface area contributed by atoms with Gasteiger partial charge >= 0.3 is 0 Å². The van der Waals surface area contributed by atoms with E-state index in [2.05, 4.69) is 162 Å². The molecule has 2 heterocycles. The average molecular weight is 931 g/mol. The fraction of sp³-hybridized carbons (Fsp3) is 0.286. The number of aromatic nitrogens is 4. The van der Waals surface area contributed by atoms with Gasteiger partial charge in [-0.15, -0.1) is 0 Å². The summed E-state index contributed by atoms with van der Waals surface area (Å²) in [5.74, 6) is 1.42. The molecule has 0 radical (unpaired) electrons. The Hall–Kier alpha value is -3.15. The zero-order valence-corrected chi connectivity index (χ0v) is 35.6. The van der Waals surface area contributed by atoms with Gasteiger partial charge in [0.1, 0.15) is 11.6 Å². The first-order valence-corrected chi connectivity index (χ1v) is 19.7. The molecule has 0 aliphatic rings. The van der Waals surface area contributed by atoms with Crippen molar-refractivity contribution in [2.24, 2.45) is 0 Å². The predicted molar refractivity (Wildman–Crippen MR) is 224 cm³/mol. The van der Waals surface area contributed by atoms with E-state index in [1.54, 1.807) is 28.9 Å². The number of halogens is 5. The van der Waals surface area contributed by atoms with Gasteiger partial charge in [-0.2, -0.15) is 10.2 Å². The lowest BCUT2D eigenvalue weighted by Gasteiger charge is -2.18. The summed E-state index contributed by atoms with van der Waals surface area (Å²) in [6.45, 7) is 17.8. The van der Waals surface area contributed by atoms with Crippen LogP contribution in [0.2, 0.25) is 0 Å². The van der Waals surface area contributed by atoms with E-state index in [0.29, 0.717) is 32.6 Å². The molecule has 0 unspecified atom stereocenters. The molecule has 0 saturated heterocycles. The molecule has 0 amide bonds. The second-order valence-electron chi connectivity index (χ2n) is 13.6. The molecule has 0 atom stereocenters. The average Bonchev–Trinajstić information content (AvgIpc) is 3.81. The first kappa shape index (κ1) is 40.6. The Morgan fingerprint density at radius 3 is 1.51 bits per heavy atom. The van der Waals surface area contributed by atoms with Crippen LogP contribution in [0.3, 0.4) is 0 Å². The van der Waals surface area contributed by atoms with Gasteiger partial charge in [0.25, 0.3) is 0 Å². The first-order chi connectivity index (χ1) is 24.2. The summed E-state index contributed by atoms with van der Waals surface area (Å²) >= 11 is 8.43. The molecule has 4 nitrogen and oxygen atoms in total. The van der Waals surface area contributed by atoms with Gasteiger partial charge in [-0.3, -0.25) is 5.10 Å². The van der Waals surface area contributed by atoms with E-state index in [1.807, 2.05) is 24.8 Å². The standard InChI is InChI=1S/C21H22BrFN2.C15H20N2.C6H3BrFI/c1-13(2)17-6-5-7-18(14(3)4)21(17)15-11-24-25(12-15)16-8-9-20(23)19(22)10-16;1-10(2)13-6-5-7-14(11(3)4)15(13)12-8-16-17-9-12;7-5-3-4(9)1-2-6(5)8/h5-14H,1-4H3;5-11H,1-4H3,(H,16,17);1-3H. The number of aromatic amines is 1. The van der Waals surface area contributed by atoms with E-state index >= 15 is 0 Å². The quantitative estimate of drug-likeness (QED) is 0.128. The highest BCUT2D eigenvalue weighted by molar-refractivity contribution is 14.1. The number of rotatable bonds is 7. The van der Waals surface area contributed by atoms with Crippen molar-refractivity contribution in [1.82, 2.24) is 20.0 Å². The van der Waals surface area contributed by atoms with Crippen molar-refractivity contribution in [2.45, 2.75) is 79.1 Å². The molecule has 0 saturated carbocycles. The Labute approximate surface area is 331 Å². The van der Waals surface area contributed by atoms with Crippen molar-refractivity contribution in [1.29, 1.82) is 0 Å². The van der Waals surface area contributed by atoms with Crippen LogP contribution in [0.1, 0.15) is 101 Å². The summed E-state index contributed by atoms with van der Waals surface area (Å²) in [6.07, 6.45) is 7.80. The number of nitrogens with one attached hydrogen (secondary N) is 1. The second kappa shape index (κ2) is 18.6. The lowest BCUT2D eigenvalue weighted by atomic mass is 9.86. The highest BCUT2D eigenvalue weighted by Crippen LogP contribution is 2.37. The van der Waals surface area contributed by atoms with Crippen LogP contribution in [0.15, 0.2) is 107 Å². The van der Waals surface area contributed by atoms with Crippen molar-refractivity contribution < 1.29 is 8.78 Å². The number of nitrogens with zero attached hydrogens (tertiary/aromatic N) is 3. The maximum absolute atomic E-state index is 13.5. The fourth-order valence-electron chi connectivity index (χ4n) is 5.85. The third kappa shape index (κ3) is 10.5. The zero-order chi connectivity index (χ0) is 37.4. The number of hydrogen-bond acceptors (Lipinski definition) is 2. The molecule has 0 aliphatic heterocycles. The number of H-pyrrole nitrogens is 1. The number of hydrogen-bond donors (Lipinski definition) is 1. The van der Waals surface area contributed by atoms with Crippen LogP contribution < -0.4 is 0 Å². The van der Waals surface area contributed by atoms with Crippen LogP contribution in [0.5, 0.6) is 0 Å². The maximum atomic E-state index is 13.5. The molecule has 6 aromatic rings. The van der Waals surface area contributed by atoms with Crippen molar-refractivity contribution in [3.05, 3.63) is 144 Å². The third-order valence-corrected chi connectivity index (χ3v) is 10.3. The lowest BCUT2D eigenvalue weighted by molar-refractivity contribution is 0.620. The summed E-state index contributed by atoms with van der Waals surface area (Å²) in [7, 11) is 0. The van der Waals surface area contributed by atoms with Crippen LogP contribution >= 0.6 is 54.5 Å². The molecule has 0 fully saturated rings. The van der Waals surface area contributed by atoms with Gasteiger partial charge in [0.2, 0.25) is 0 Å². The van der Waals surface area contributed by atoms with Crippen molar-refractivity contribution >= 4 is 54.5 Å². The van der Waals surface area contributed by atoms with E-state index in [9.17, 15) is 8.78 Å². The van der Waals surface area contributed by atoms with Crippen molar-refractivity contribution in [3.63, 3.8) is 0 Å². The molecular weight excluding hydrogens is 885 g/mol. The third-order valence-electron chi connectivity index (χ3n) is 8.45. The molecule has 2 aromatic heterocycles. The van der Waals surface area contributed by atoms with Gasteiger partial charge in [0.05, 0.1) is 27.0 Å². The Balaban J connectivity index is 0.000000192. The minimum atomic E-state index is -0.275. The molecule has 9 heteroatoms. The summed E-state index contributed by atoms with van der Waals surface area (Å²) in [4.78, 5) is 0. The minimum absolute atomic E-state index is 0.213. The fourth-order valence-corrected chi connectivity index (χ4v) is 7.51. The Kier molecular flexibility index (Phi) is 14.8. The maximum Gasteiger partial charge on any atom is 0.137 e. The van der Waals surface area contributed by atoms with Crippen LogP contribution in [0, 0.1) is 15.2 Å². The Morgan fingerprint density at radius 2 is 1.10 bits per heavy atom. The van der Waals surface area contributed by atoms with E-state index < -0.39 is 0 Å². The van der Waals surface area contributed by atoms with Gasteiger partial charge in [-0.1, -0.05) is 91.8 Å². The van der Waals surface area contributed by atoms with Crippen molar-refractivity contribution in [3.8, 4) is 27.9 Å². The normalized spacial score (nSPS) is 11.2. The summed E-state index contributed by atoms with van der Waals surface area (Å²) < 4.78 is 29.7. The SMILES string of the molecule is CC(C)c1cccc(C(C)C)c1-c1cn[nH]c1.CC(C)c1cccc(C(C)C)c1-c1cnn(-c2ccc(F)c(Br)c2)c1.Fc1ccc(I)cc1Br. The largest absolute Gasteiger partial charge is 0.285 e. The van der Waals surface area contributed by atoms with Crippen LogP contribution in [0.25, 0.3) is 27.9 Å². The molecule has 4 aromatic carbocycles. The molecule has 268 valence electrons. The van der Waals surface area contributed by atoms with E-state index in [1.165, 1.54) is 51.1 Å². The van der Waals surface area contributed by atoms with Crippen LogP contribution in [-0.2, 0) is 0 Å². The highest BCUT2D eigenvalue weighted by Gasteiger charge is 2.18. The monoisotopic (exact) mass is 928 g/mol. The molecular formula is C42H45Br2F2IN4. The van der Waals surface area contributed by atoms with Crippen LogP contribution in [-0.4, -0.2) is 20.0 Å². The van der Waals surface area contributed by atoms with Gasteiger partial charge in [-0.05, 0) is 148 Å². The minimum Gasteiger partial charge on any atom is -0.285 e. The molecule has 0 spiro atoms. The topological polar surface area (TPSA) is 46.5 Å². The van der Waals surface area contributed by atoms with Gasteiger partial charge in [0.15, 0.2) is 0 Å². The van der Waals surface area contributed by atoms with Crippen LogP contribution in [0.4, 0.5) is 8.78 Å². The Bertz CT molecular complexity index is 1980. The highest BCUT2D eigenvalue weighted by atomic mass is 127. The molecule has 6 rings (SSSR count). The predicted octanol–water partition coefficient (Wildman–Crippen LogP) is 14.2. The van der Waals surface area contributed by atoms with Crippen molar-refractivity contribution in [2.75, 3.05) is 0 Å². The molecule has 1 N–H and O–H groups in total. The summed E-state index contributed by atoms with van der Waals surface area (Å²) in [5.41, 5.74) is 11.2. The van der Waals surface area contributed by atoms with E-state index in [0.717, 1.165) is 14.8 Å². The second-order valence-corrected chi connectivity index (χ2v) is 16.5. The molecule has 0 aliphatic carbocycles. The van der Waals surface area contributed by atoms with Gasteiger partial charge in [0, 0.05) is 27.1 Å². The van der Waals surface area contributed by atoms with E-state index in [4.69, 9.17) is 0 Å². The summed E-state index contributed by atoms with van der Waals surface area (Å²) in [6, 6.07) is 22.9. The zero-order valence-electron chi connectivity index (χ0n) is 30.3. The molecule has 51 heavy (non-hydrogen) atoms. The van der Waals surface area contributed by atoms with E-state index in [-0.39, 0.29) is 11.6 Å². The number of benzene rings is 4. The summed E-state index contributed by atoms with van der Waals surface area (Å²) in [5, 5.41) is 11.5. The Morgan fingerprint density at radius 1 is 0.627 bits per heavy atom. The first-order valence-electron chi connectivity index (χ1n) is 17.0. The molecule has 0 bridgehead atoms. The van der Waals surface area contributed by atoms with Gasteiger partial charge in [-0.25, -0.2) is 13.5 Å². The lowest BCUT2D eigenvalue weighted by Crippen LogP contribution is -1.99. The van der Waals surface area contributed by atoms with Gasteiger partial charge < -0.3 is 0 Å².